The first kappa shape index (κ1) is 11.8. The van der Waals surface area contributed by atoms with Gasteiger partial charge in [0.2, 0.25) is 11.5 Å². The van der Waals surface area contributed by atoms with Crippen molar-refractivity contribution in [3.63, 3.8) is 0 Å². The molecule has 19 heavy (non-hydrogen) atoms. The lowest BCUT2D eigenvalue weighted by molar-refractivity contribution is 0.587. The highest BCUT2D eigenvalue weighted by Gasteiger charge is 2.19. The fraction of sp³-hybridized carbons (Fsp3) is 0.308. The summed E-state index contributed by atoms with van der Waals surface area (Å²) in [4.78, 5) is 21.8. The first-order chi connectivity index (χ1) is 9.20. The van der Waals surface area contributed by atoms with Crippen LogP contribution in [0.1, 0.15) is 17.7 Å². The lowest BCUT2D eigenvalue weighted by Gasteiger charge is -2.24. The van der Waals surface area contributed by atoms with Crippen LogP contribution in [0.3, 0.4) is 0 Å². The maximum absolute atomic E-state index is 12.7. The third kappa shape index (κ3) is 2.62. The van der Waals surface area contributed by atoms with Crippen LogP contribution in [0, 0.1) is 5.82 Å². The van der Waals surface area contributed by atoms with Gasteiger partial charge in [0, 0.05) is 17.8 Å². The number of aryl methyl sites for hydroxylation is 1. The van der Waals surface area contributed by atoms with E-state index in [1.54, 1.807) is 0 Å². The van der Waals surface area contributed by atoms with Crippen LogP contribution in [0.4, 0.5) is 10.3 Å². The number of anilines is 1. The quantitative estimate of drug-likeness (QED) is 0.853. The highest BCUT2D eigenvalue weighted by atomic mass is 19.1. The highest BCUT2D eigenvalue weighted by Crippen LogP contribution is 2.20. The van der Waals surface area contributed by atoms with Gasteiger partial charge in [-0.1, -0.05) is 6.07 Å². The van der Waals surface area contributed by atoms with E-state index in [4.69, 9.17) is 0 Å². The Labute approximate surface area is 108 Å². The second kappa shape index (κ2) is 4.79. The van der Waals surface area contributed by atoms with Crippen molar-refractivity contribution in [2.75, 3.05) is 5.32 Å². The van der Waals surface area contributed by atoms with Crippen molar-refractivity contribution in [3.05, 3.63) is 52.0 Å². The molecule has 0 spiro atoms. The Morgan fingerprint density at radius 1 is 1.32 bits per heavy atom. The van der Waals surface area contributed by atoms with Gasteiger partial charge in [-0.05, 0) is 24.8 Å². The summed E-state index contributed by atoms with van der Waals surface area (Å²) in [5.41, 5.74) is 2.07. The zero-order valence-corrected chi connectivity index (χ0v) is 10.2. The lowest BCUT2D eigenvalue weighted by Crippen LogP contribution is -2.29. The molecule has 0 aliphatic heterocycles. The summed E-state index contributed by atoms with van der Waals surface area (Å²) in [5.74, 6) is -0.0172. The lowest BCUT2D eigenvalue weighted by atomic mass is 9.92. The number of hydrogen-bond acceptors (Lipinski definition) is 4. The summed E-state index contributed by atoms with van der Waals surface area (Å²) in [5, 5.41) is 3.18. The summed E-state index contributed by atoms with van der Waals surface area (Å²) >= 11 is 0. The number of pyridine rings is 1. The Morgan fingerprint density at radius 3 is 2.89 bits per heavy atom. The number of nitrogens with one attached hydrogen (secondary N) is 2. The molecule has 3 rings (SSSR count). The van der Waals surface area contributed by atoms with E-state index >= 15 is 0 Å². The standard InChI is InChI=1S/C13H13FN4O/c14-9-6-15-13(16-7-9)17-10-2-3-11-8(5-10)1-4-12(19)18-11/h1,4,6-7,10H,2-3,5H2,(H,18,19)(H,15,16,17). The van der Waals surface area contributed by atoms with Gasteiger partial charge in [-0.25, -0.2) is 14.4 Å². The molecular formula is C13H13FN4O. The number of nitrogens with zero attached hydrogens (tertiary/aromatic N) is 2. The van der Waals surface area contributed by atoms with E-state index in [0.29, 0.717) is 5.95 Å². The minimum absolute atomic E-state index is 0.0629. The van der Waals surface area contributed by atoms with Gasteiger partial charge in [0.1, 0.15) is 0 Å². The summed E-state index contributed by atoms with van der Waals surface area (Å²) in [6.45, 7) is 0. The van der Waals surface area contributed by atoms with Crippen molar-refractivity contribution in [1.82, 2.24) is 15.0 Å². The minimum Gasteiger partial charge on any atom is -0.351 e. The van der Waals surface area contributed by atoms with Crippen LogP contribution in [0.25, 0.3) is 0 Å². The molecule has 0 bridgehead atoms. The van der Waals surface area contributed by atoms with E-state index in [9.17, 15) is 9.18 Å². The SMILES string of the molecule is O=c1ccc2c([nH]1)CCC(Nc1ncc(F)cn1)C2. The van der Waals surface area contributed by atoms with Crippen molar-refractivity contribution >= 4 is 5.95 Å². The van der Waals surface area contributed by atoms with Gasteiger partial charge in [0.05, 0.1) is 12.4 Å². The normalized spacial score (nSPS) is 17.8. The predicted molar refractivity (Wildman–Crippen MR) is 68.5 cm³/mol. The smallest absolute Gasteiger partial charge is 0.248 e. The zero-order valence-electron chi connectivity index (χ0n) is 10.2. The Hall–Kier alpha value is -2.24. The van der Waals surface area contributed by atoms with E-state index in [1.165, 1.54) is 6.07 Å². The minimum atomic E-state index is -0.447. The van der Waals surface area contributed by atoms with Gasteiger partial charge >= 0.3 is 0 Å². The molecule has 1 unspecified atom stereocenters. The molecule has 0 aromatic carbocycles. The van der Waals surface area contributed by atoms with Gasteiger partial charge in [0.15, 0.2) is 5.82 Å². The molecule has 0 saturated carbocycles. The monoisotopic (exact) mass is 260 g/mol. The molecule has 0 saturated heterocycles. The van der Waals surface area contributed by atoms with Gasteiger partial charge in [-0.15, -0.1) is 0 Å². The number of aromatic nitrogens is 3. The molecule has 2 aromatic heterocycles. The molecule has 1 aliphatic rings. The van der Waals surface area contributed by atoms with E-state index in [-0.39, 0.29) is 11.6 Å². The fourth-order valence-electron chi connectivity index (χ4n) is 2.34. The van der Waals surface area contributed by atoms with Crippen LogP contribution < -0.4 is 10.9 Å². The van der Waals surface area contributed by atoms with Crippen LogP contribution in [0.2, 0.25) is 0 Å². The average molecular weight is 260 g/mol. The molecule has 1 aliphatic carbocycles. The van der Waals surface area contributed by atoms with Crippen molar-refractivity contribution in [3.8, 4) is 0 Å². The van der Waals surface area contributed by atoms with Crippen molar-refractivity contribution in [2.24, 2.45) is 0 Å². The molecular weight excluding hydrogens is 247 g/mol. The number of H-pyrrole nitrogens is 1. The molecule has 2 aromatic rings. The molecule has 0 fully saturated rings. The average Bonchev–Trinajstić information content (AvgIpc) is 2.42. The molecule has 5 nitrogen and oxygen atoms in total. The molecule has 1 atom stereocenters. The van der Waals surface area contributed by atoms with Crippen LogP contribution in [0.5, 0.6) is 0 Å². The number of aromatic amines is 1. The molecule has 0 amide bonds. The van der Waals surface area contributed by atoms with E-state index in [2.05, 4.69) is 20.3 Å². The third-order valence-electron chi connectivity index (χ3n) is 3.26. The van der Waals surface area contributed by atoms with Gasteiger partial charge in [-0.3, -0.25) is 4.79 Å². The predicted octanol–water partition coefficient (Wildman–Crippen LogP) is 1.27. The number of hydrogen-bond donors (Lipinski definition) is 2. The van der Waals surface area contributed by atoms with E-state index in [1.807, 2.05) is 6.07 Å². The van der Waals surface area contributed by atoms with Crippen molar-refractivity contribution in [2.45, 2.75) is 25.3 Å². The van der Waals surface area contributed by atoms with Crippen LogP contribution >= 0.6 is 0 Å². The zero-order chi connectivity index (χ0) is 13.2. The molecule has 98 valence electrons. The molecule has 2 heterocycles. The Morgan fingerprint density at radius 2 is 2.11 bits per heavy atom. The summed E-state index contributed by atoms with van der Waals surface area (Å²) in [6.07, 6.45) is 4.78. The maximum atomic E-state index is 12.7. The molecule has 6 heteroatoms. The van der Waals surface area contributed by atoms with Crippen molar-refractivity contribution in [1.29, 1.82) is 0 Å². The van der Waals surface area contributed by atoms with Gasteiger partial charge in [-0.2, -0.15) is 0 Å². The summed E-state index contributed by atoms with van der Waals surface area (Å²) in [7, 11) is 0. The van der Waals surface area contributed by atoms with Crippen LogP contribution in [-0.4, -0.2) is 21.0 Å². The number of rotatable bonds is 2. The van der Waals surface area contributed by atoms with Gasteiger partial charge in [0.25, 0.3) is 0 Å². The summed E-state index contributed by atoms with van der Waals surface area (Å²) in [6, 6.07) is 3.59. The largest absolute Gasteiger partial charge is 0.351 e. The first-order valence-corrected chi connectivity index (χ1v) is 6.16. The van der Waals surface area contributed by atoms with Gasteiger partial charge < -0.3 is 10.3 Å². The van der Waals surface area contributed by atoms with Crippen molar-refractivity contribution < 1.29 is 4.39 Å². The molecule has 0 radical (unpaired) electrons. The third-order valence-corrected chi connectivity index (χ3v) is 3.26. The van der Waals surface area contributed by atoms with Crippen LogP contribution in [-0.2, 0) is 12.8 Å². The highest BCUT2D eigenvalue weighted by molar-refractivity contribution is 5.30. The summed E-state index contributed by atoms with van der Waals surface area (Å²) < 4.78 is 12.7. The van der Waals surface area contributed by atoms with E-state index in [0.717, 1.165) is 42.9 Å². The number of fused-ring (bicyclic) bond motifs is 1. The van der Waals surface area contributed by atoms with E-state index < -0.39 is 5.82 Å². The molecule has 2 N–H and O–H groups in total. The Balaban J connectivity index is 1.73. The maximum Gasteiger partial charge on any atom is 0.248 e. The van der Waals surface area contributed by atoms with Crippen LogP contribution in [0.15, 0.2) is 29.3 Å². The number of halogens is 1. The second-order valence-corrected chi connectivity index (χ2v) is 4.64. The Bertz CT molecular complexity index is 638. The fourth-order valence-corrected chi connectivity index (χ4v) is 2.34. The topological polar surface area (TPSA) is 70.7 Å². The second-order valence-electron chi connectivity index (χ2n) is 4.64. The Kier molecular flexibility index (Phi) is 2.98. The first-order valence-electron chi connectivity index (χ1n) is 6.16.